The number of imidazole rings is 2. The molecule has 2 aliphatic heterocycles. The van der Waals surface area contributed by atoms with Gasteiger partial charge in [-0.2, -0.15) is 0 Å². The highest BCUT2D eigenvalue weighted by Crippen LogP contribution is 2.35. The molecule has 16 heteroatoms. The number of aliphatic hydroxyl groups is 2. The van der Waals surface area contributed by atoms with Gasteiger partial charge in [0.15, 0.2) is 0 Å². The Balaban J connectivity index is 1.16. The second kappa shape index (κ2) is 15.4. The summed E-state index contributed by atoms with van der Waals surface area (Å²) in [4.78, 5) is 69.8. The van der Waals surface area contributed by atoms with Gasteiger partial charge in [0.2, 0.25) is 11.8 Å². The van der Waals surface area contributed by atoms with Crippen LogP contribution in [0.2, 0.25) is 0 Å². The molecule has 2 fully saturated rings. The molecule has 4 aromatic rings. The largest absolute Gasteiger partial charge is 0.453 e. The standard InChI is InChI=1S/C36H44N8O8/c1-19(45)29(41-35(49)51-3)33(47)43-15-5-7-27(43)31-37-18-26(40-31)22-11-9-21(10-12-22)23-13-14-24-25(17-23)39-32(38-24)28-8-6-16-44(28)34(48)30(20(2)46)42-36(50)52-4/h9-14,17-20,27-30,45-46H,5-8,15-16H2,1-4H3,(H,37,40)(H,38,39)(H,41,49)(H,42,50)/t19-,20-,27-,28-,29-,30-/m0/s1. The number of alkyl carbamates (subject to hydrolysis) is 2. The van der Waals surface area contributed by atoms with Crippen LogP contribution in [0.15, 0.2) is 48.7 Å². The second-order valence-corrected chi connectivity index (χ2v) is 13.2. The average molecular weight is 717 g/mol. The molecule has 6 atom stereocenters. The first-order chi connectivity index (χ1) is 25.0. The maximum absolute atomic E-state index is 13.4. The smallest absolute Gasteiger partial charge is 0.407 e. The summed E-state index contributed by atoms with van der Waals surface area (Å²) in [5, 5.41) is 25.3. The molecule has 0 aliphatic carbocycles. The first-order valence-electron chi connectivity index (χ1n) is 17.3. The number of hydrogen-bond acceptors (Lipinski definition) is 10. The van der Waals surface area contributed by atoms with Gasteiger partial charge in [-0.05, 0) is 68.4 Å². The first kappa shape index (κ1) is 36.3. The van der Waals surface area contributed by atoms with E-state index in [0.717, 1.165) is 46.3 Å². The maximum atomic E-state index is 13.4. The van der Waals surface area contributed by atoms with Crippen molar-refractivity contribution in [3.63, 3.8) is 0 Å². The van der Waals surface area contributed by atoms with Crippen molar-refractivity contribution in [2.45, 2.75) is 75.9 Å². The van der Waals surface area contributed by atoms with Crippen LogP contribution in [0, 0.1) is 0 Å². The number of hydrogen-bond donors (Lipinski definition) is 6. The van der Waals surface area contributed by atoms with E-state index >= 15 is 0 Å². The van der Waals surface area contributed by atoms with Gasteiger partial charge < -0.3 is 50.1 Å². The summed E-state index contributed by atoms with van der Waals surface area (Å²) in [5.41, 5.74) is 5.18. The Hall–Kier alpha value is -5.48. The van der Waals surface area contributed by atoms with Gasteiger partial charge in [0, 0.05) is 13.1 Å². The maximum Gasteiger partial charge on any atom is 0.407 e. The zero-order valence-electron chi connectivity index (χ0n) is 29.5. The predicted molar refractivity (Wildman–Crippen MR) is 189 cm³/mol. The van der Waals surface area contributed by atoms with E-state index in [4.69, 9.17) is 4.98 Å². The van der Waals surface area contributed by atoms with Crippen LogP contribution in [-0.4, -0.2) is 116 Å². The van der Waals surface area contributed by atoms with Crippen LogP contribution in [0.3, 0.4) is 0 Å². The van der Waals surface area contributed by atoms with E-state index in [1.54, 1.807) is 16.0 Å². The number of ether oxygens (including phenoxy) is 2. The Bertz CT molecular complexity index is 1920. The highest BCUT2D eigenvalue weighted by atomic mass is 16.5. The molecule has 4 amide bonds. The fraction of sp³-hybridized carbons (Fsp3) is 0.444. The molecule has 2 aromatic carbocycles. The number of amides is 4. The van der Waals surface area contributed by atoms with E-state index < -0.39 is 48.3 Å². The fourth-order valence-electron chi connectivity index (χ4n) is 7.00. The van der Waals surface area contributed by atoms with Crippen molar-refractivity contribution < 1.29 is 38.9 Å². The lowest BCUT2D eigenvalue weighted by molar-refractivity contribution is -0.137. The van der Waals surface area contributed by atoms with Crippen molar-refractivity contribution in [3.05, 3.63) is 60.3 Å². The molecular weight excluding hydrogens is 672 g/mol. The number of aliphatic hydroxyl groups excluding tert-OH is 2. The summed E-state index contributed by atoms with van der Waals surface area (Å²) in [5.74, 6) is 0.449. The summed E-state index contributed by atoms with van der Waals surface area (Å²) >= 11 is 0. The Morgan fingerprint density at radius 3 is 1.83 bits per heavy atom. The van der Waals surface area contributed by atoms with Gasteiger partial charge in [0.25, 0.3) is 0 Å². The van der Waals surface area contributed by atoms with Gasteiger partial charge in [-0.15, -0.1) is 0 Å². The molecule has 2 aliphatic rings. The number of rotatable bonds is 10. The summed E-state index contributed by atoms with van der Waals surface area (Å²) in [6, 6.07) is 10.9. The summed E-state index contributed by atoms with van der Waals surface area (Å²) in [6.07, 6.45) is 0.785. The number of H-pyrrole nitrogens is 2. The lowest BCUT2D eigenvalue weighted by Crippen LogP contribution is -2.53. The molecule has 16 nitrogen and oxygen atoms in total. The third-order valence-electron chi connectivity index (χ3n) is 9.74. The molecule has 0 unspecified atom stereocenters. The van der Waals surface area contributed by atoms with E-state index in [1.807, 2.05) is 42.5 Å². The number of nitrogens with one attached hydrogen (secondary N) is 4. The molecule has 6 N–H and O–H groups in total. The predicted octanol–water partition coefficient (Wildman–Crippen LogP) is 3.16. The third-order valence-corrected chi connectivity index (χ3v) is 9.74. The van der Waals surface area contributed by atoms with Crippen LogP contribution < -0.4 is 10.6 Å². The summed E-state index contributed by atoms with van der Waals surface area (Å²) in [7, 11) is 2.40. The highest BCUT2D eigenvalue weighted by Gasteiger charge is 2.39. The van der Waals surface area contributed by atoms with Gasteiger partial charge in [0.1, 0.15) is 23.7 Å². The molecule has 2 aromatic heterocycles. The molecular formula is C36H44N8O8. The highest BCUT2D eigenvalue weighted by molar-refractivity contribution is 5.88. The molecule has 0 spiro atoms. The average Bonchev–Trinajstić information content (AvgIpc) is 3.97. The molecule has 0 saturated carbocycles. The zero-order valence-corrected chi connectivity index (χ0v) is 29.5. The van der Waals surface area contributed by atoms with Crippen molar-refractivity contribution in [1.82, 2.24) is 40.4 Å². The Kier molecular flexibility index (Phi) is 10.8. The van der Waals surface area contributed by atoms with Crippen LogP contribution in [0.4, 0.5) is 9.59 Å². The van der Waals surface area contributed by atoms with Crippen molar-refractivity contribution in [1.29, 1.82) is 0 Å². The quantitative estimate of drug-likeness (QED) is 0.141. The first-order valence-corrected chi connectivity index (χ1v) is 17.3. The number of fused-ring (bicyclic) bond motifs is 1. The van der Waals surface area contributed by atoms with Gasteiger partial charge in [-0.3, -0.25) is 9.59 Å². The van der Waals surface area contributed by atoms with Gasteiger partial charge >= 0.3 is 12.2 Å². The van der Waals surface area contributed by atoms with E-state index in [0.29, 0.717) is 37.6 Å². The number of nitrogens with zero attached hydrogens (tertiary/aromatic N) is 4. The molecule has 52 heavy (non-hydrogen) atoms. The van der Waals surface area contributed by atoms with E-state index in [9.17, 15) is 29.4 Å². The lowest BCUT2D eigenvalue weighted by Gasteiger charge is -2.29. The molecule has 0 radical (unpaired) electrons. The van der Waals surface area contributed by atoms with Gasteiger partial charge in [-0.1, -0.05) is 30.3 Å². The van der Waals surface area contributed by atoms with Crippen molar-refractivity contribution in [3.8, 4) is 22.4 Å². The zero-order chi connectivity index (χ0) is 37.1. The lowest BCUT2D eigenvalue weighted by atomic mass is 10.0. The minimum atomic E-state index is -1.15. The topological polar surface area (TPSA) is 215 Å². The number of carbonyl (C=O) groups excluding carboxylic acids is 4. The van der Waals surface area contributed by atoms with Crippen LogP contribution in [0.1, 0.15) is 63.3 Å². The number of benzene rings is 2. The molecule has 276 valence electrons. The van der Waals surface area contributed by atoms with Crippen molar-refractivity contribution in [2.24, 2.45) is 0 Å². The monoisotopic (exact) mass is 716 g/mol. The van der Waals surface area contributed by atoms with Crippen LogP contribution in [-0.2, 0) is 19.1 Å². The number of carbonyl (C=O) groups is 4. The SMILES string of the molecule is COC(=O)N[C@H](C(=O)N1CCC[C@H]1c1ncc(-c2ccc(-c3ccc4nc([C@@H]5CCCN5C(=O)[C@@H](NC(=O)OC)[C@H](C)O)[nH]c4c3)cc2)[nH]1)[C@H](C)O. The van der Waals surface area contributed by atoms with Crippen molar-refractivity contribution in [2.75, 3.05) is 27.3 Å². The number of likely N-dealkylation sites (tertiary alicyclic amines) is 2. The molecule has 4 heterocycles. The minimum Gasteiger partial charge on any atom is -0.453 e. The third kappa shape index (κ3) is 7.43. The normalized spacial score (nSPS) is 19.6. The Morgan fingerprint density at radius 1 is 0.769 bits per heavy atom. The Morgan fingerprint density at radius 2 is 1.29 bits per heavy atom. The van der Waals surface area contributed by atoms with E-state index in [2.05, 4.69) is 35.1 Å². The number of aromatic nitrogens is 4. The van der Waals surface area contributed by atoms with Crippen LogP contribution in [0.25, 0.3) is 33.4 Å². The number of methoxy groups -OCH3 is 2. The summed E-state index contributed by atoms with van der Waals surface area (Å²) in [6.45, 7) is 3.83. The van der Waals surface area contributed by atoms with E-state index in [-0.39, 0.29) is 12.1 Å². The summed E-state index contributed by atoms with van der Waals surface area (Å²) < 4.78 is 9.27. The van der Waals surface area contributed by atoms with Gasteiger partial charge in [0.05, 0.1) is 61.4 Å². The second-order valence-electron chi connectivity index (χ2n) is 13.2. The fourth-order valence-corrected chi connectivity index (χ4v) is 7.00. The Labute approximate surface area is 299 Å². The van der Waals surface area contributed by atoms with Gasteiger partial charge in [-0.25, -0.2) is 19.6 Å². The number of aromatic amines is 2. The van der Waals surface area contributed by atoms with Crippen LogP contribution in [0.5, 0.6) is 0 Å². The van der Waals surface area contributed by atoms with Crippen LogP contribution >= 0.6 is 0 Å². The molecule has 0 bridgehead atoms. The molecule has 2 saturated heterocycles. The van der Waals surface area contributed by atoms with Crippen molar-refractivity contribution >= 4 is 35.0 Å². The minimum absolute atomic E-state index is 0.335. The van der Waals surface area contributed by atoms with E-state index in [1.165, 1.54) is 28.1 Å². The molecule has 6 rings (SSSR count).